The summed E-state index contributed by atoms with van der Waals surface area (Å²) in [7, 11) is 0. The molecule has 1 saturated heterocycles. The summed E-state index contributed by atoms with van der Waals surface area (Å²) < 4.78 is 6.25. The highest BCUT2D eigenvalue weighted by molar-refractivity contribution is 4.82. The largest absolute Gasteiger partial charge is 0.376 e. The molecular formula is C15H29NO. The highest BCUT2D eigenvalue weighted by Crippen LogP contribution is 2.35. The molecule has 1 saturated carbocycles. The van der Waals surface area contributed by atoms with Crippen LogP contribution in [0.5, 0.6) is 0 Å². The van der Waals surface area contributed by atoms with Crippen LogP contribution in [0, 0.1) is 17.8 Å². The van der Waals surface area contributed by atoms with Gasteiger partial charge in [-0.3, -0.25) is 0 Å². The van der Waals surface area contributed by atoms with Crippen molar-refractivity contribution >= 4 is 0 Å². The normalized spacial score (nSPS) is 38.8. The van der Waals surface area contributed by atoms with E-state index in [1.165, 1.54) is 38.6 Å². The monoisotopic (exact) mass is 239 g/mol. The van der Waals surface area contributed by atoms with Crippen LogP contribution in [0.3, 0.4) is 0 Å². The topological polar surface area (TPSA) is 21.3 Å². The van der Waals surface area contributed by atoms with E-state index in [2.05, 4.69) is 26.1 Å². The summed E-state index contributed by atoms with van der Waals surface area (Å²) in [5.41, 5.74) is 0. The van der Waals surface area contributed by atoms with Gasteiger partial charge in [-0.2, -0.15) is 0 Å². The predicted octanol–water partition coefficient (Wildman–Crippen LogP) is 3.22. The minimum absolute atomic E-state index is 0.515. The quantitative estimate of drug-likeness (QED) is 0.813. The molecule has 0 aromatic heterocycles. The van der Waals surface area contributed by atoms with Crippen LogP contribution in [0.25, 0.3) is 0 Å². The summed E-state index contributed by atoms with van der Waals surface area (Å²) >= 11 is 0. The number of ether oxygens (including phenoxy) is 1. The zero-order chi connectivity index (χ0) is 12.3. The molecule has 0 spiro atoms. The number of hydrogen-bond acceptors (Lipinski definition) is 2. The highest BCUT2D eigenvalue weighted by Gasteiger charge is 2.31. The Kier molecular flexibility index (Phi) is 4.87. The van der Waals surface area contributed by atoms with Crippen LogP contribution >= 0.6 is 0 Å². The molecule has 2 heteroatoms. The second-order valence-corrected chi connectivity index (χ2v) is 6.49. The van der Waals surface area contributed by atoms with E-state index in [1.807, 2.05) is 0 Å². The minimum atomic E-state index is 0.515. The first-order chi connectivity index (χ1) is 8.16. The first-order valence-corrected chi connectivity index (χ1v) is 7.51. The molecule has 1 aliphatic heterocycles. The molecule has 0 radical (unpaired) electrons. The van der Waals surface area contributed by atoms with E-state index in [0.29, 0.717) is 12.1 Å². The Labute approximate surface area is 107 Å². The Balaban J connectivity index is 1.81. The third-order valence-corrected chi connectivity index (χ3v) is 4.64. The molecule has 17 heavy (non-hydrogen) atoms. The van der Waals surface area contributed by atoms with Crippen molar-refractivity contribution in [1.29, 1.82) is 0 Å². The Bertz CT molecular complexity index is 223. The molecular weight excluding hydrogens is 210 g/mol. The number of nitrogens with one attached hydrogen (secondary N) is 1. The maximum absolute atomic E-state index is 6.25. The maximum Gasteiger partial charge on any atom is 0.0623 e. The van der Waals surface area contributed by atoms with Gasteiger partial charge in [0.25, 0.3) is 0 Å². The van der Waals surface area contributed by atoms with Gasteiger partial charge in [0.2, 0.25) is 0 Å². The van der Waals surface area contributed by atoms with Crippen LogP contribution < -0.4 is 5.32 Å². The zero-order valence-electron chi connectivity index (χ0n) is 11.7. The molecule has 2 fully saturated rings. The van der Waals surface area contributed by atoms with Crippen LogP contribution in [0.1, 0.15) is 52.9 Å². The fourth-order valence-electron chi connectivity index (χ4n) is 3.45. The van der Waals surface area contributed by atoms with Gasteiger partial charge in [0.1, 0.15) is 0 Å². The van der Waals surface area contributed by atoms with E-state index in [1.54, 1.807) is 0 Å². The van der Waals surface area contributed by atoms with E-state index in [4.69, 9.17) is 4.74 Å². The second kappa shape index (κ2) is 6.19. The first kappa shape index (κ1) is 13.4. The summed E-state index contributed by atoms with van der Waals surface area (Å²) in [4.78, 5) is 0. The van der Waals surface area contributed by atoms with Gasteiger partial charge in [0.15, 0.2) is 0 Å². The van der Waals surface area contributed by atoms with Crippen molar-refractivity contribution in [3.05, 3.63) is 0 Å². The molecule has 0 aromatic carbocycles. The van der Waals surface area contributed by atoms with Gasteiger partial charge in [-0.1, -0.05) is 27.2 Å². The van der Waals surface area contributed by atoms with Gasteiger partial charge in [-0.05, 0) is 50.0 Å². The standard InChI is InChI=1S/C15H29NO/c1-11(2)14-7-6-12(3)9-15(14)17-10-13-5-4-8-16-13/h11-16H,4-10H2,1-3H3/t12?,13-,14?,15?/m1/s1. The lowest BCUT2D eigenvalue weighted by atomic mass is 9.75. The molecule has 1 N–H and O–H groups in total. The number of hydrogen-bond donors (Lipinski definition) is 1. The van der Waals surface area contributed by atoms with Gasteiger partial charge in [-0.25, -0.2) is 0 Å². The average Bonchev–Trinajstić information content (AvgIpc) is 2.78. The molecule has 0 aromatic rings. The Morgan fingerprint density at radius 1 is 1.24 bits per heavy atom. The molecule has 0 bridgehead atoms. The summed E-state index contributed by atoms with van der Waals surface area (Å²) in [6.45, 7) is 9.19. The van der Waals surface area contributed by atoms with Gasteiger partial charge >= 0.3 is 0 Å². The SMILES string of the molecule is CC1CCC(C(C)C)C(OC[C@H]2CCCN2)C1. The van der Waals surface area contributed by atoms with Crippen molar-refractivity contribution < 1.29 is 4.74 Å². The van der Waals surface area contributed by atoms with E-state index in [0.717, 1.165) is 24.4 Å². The zero-order valence-corrected chi connectivity index (χ0v) is 11.7. The Morgan fingerprint density at radius 3 is 2.71 bits per heavy atom. The summed E-state index contributed by atoms with van der Waals surface area (Å²) in [6, 6.07) is 0.625. The first-order valence-electron chi connectivity index (χ1n) is 7.51. The Hall–Kier alpha value is -0.0800. The van der Waals surface area contributed by atoms with Crippen LogP contribution in [-0.2, 0) is 4.74 Å². The summed E-state index contributed by atoms with van der Waals surface area (Å²) in [5, 5.41) is 3.53. The van der Waals surface area contributed by atoms with Crippen molar-refractivity contribution in [2.24, 2.45) is 17.8 Å². The van der Waals surface area contributed by atoms with Crippen molar-refractivity contribution in [3.8, 4) is 0 Å². The Morgan fingerprint density at radius 2 is 2.06 bits per heavy atom. The molecule has 1 heterocycles. The van der Waals surface area contributed by atoms with Crippen molar-refractivity contribution in [2.45, 2.75) is 65.0 Å². The lowest BCUT2D eigenvalue weighted by Crippen LogP contribution is -2.37. The number of rotatable bonds is 4. The van der Waals surface area contributed by atoms with Gasteiger partial charge in [0.05, 0.1) is 12.7 Å². The van der Waals surface area contributed by atoms with Gasteiger partial charge in [0, 0.05) is 6.04 Å². The third-order valence-electron chi connectivity index (χ3n) is 4.64. The summed E-state index contributed by atoms with van der Waals surface area (Å²) in [6.07, 6.45) is 7.17. The maximum atomic E-state index is 6.25. The smallest absolute Gasteiger partial charge is 0.0623 e. The summed E-state index contributed by atoms with van der Waals surface area (Å²) in [5.74, 6) is 2.41. The molecule has 2 nitrogen and oxygen atoms in total. The average molecular weight is 239 g/mol. The molecule has 2 rings (SSSR count). The van der Waals surface area contributed by atoms with E-state index >= 15 is 0 Å². The fourth-order valence-corrected chi connectivity index (χ4v) is 3.45. The molecule has 1 aliphatic carbocycles. The van der Waals surface area contributed by atoms with E-state index in [9.17, 15) is 0 Å². The predicted molar refractivity (Wildman–Crippen MR) is 72.1 cm³/mol. The van der Waals surface area contributed by atoms with Crippen LogP contribution in [-0.4, -0.2) is 25.3 Å². The van der Waals surface area contributed by atoms with Gasteiger partial charge in [-0.15, -0.1) is 0 Å². The van der Waals surface area contributed by atoms with E-state index in [-0.39, 0.29) is 0 Å². The van der Waals surface area contributed by atoms with Crippen LogP contribution in [0.15, 0.2) is 0 Å². The van der Waals surface area contributed by atoms with Crippen LogP contribution in [0.2, 0.25) is 0 Å². The van der Waals surface area contributed by atoms with Crippen molar-refractivity contribution in [1.82, 2.24) is 5.32 Å². The fraction of sp³-hybridized carbons (Fsp3) is 1.00. The third kappa shape index (κ3) is 3.69. The van der Waals surface area contributed by atoms with E-state index < -0.39 is 0 Å². The lowest BCUT2D eigenvalue weighted by molar-refractivity contribution is -0.0443. The van der Waals surface area contributed by atoms with Crippen molar-refractivity contribution in [3.63, 3.8) is 0 Å². The second-order valence-electron chi connectivity index (χ2n) is 6.49. The van der Waals surface area contributed by atoms with Crippen LogP contribution in [0.4, 0.5) is 0 Å². The molecule has 4 atom stereocenters. The van der Waals surface area contributed by atoms with Crippen molar-refractivity contribution in [2.75, 3.05) is 13.2 Å². The highest BCUT2D eigenvalue weighted by atomic mass is 16.5. The molecule has 0 amide bonds. The lowest BCUT2D eigenvalue weighted by Gasteiger charge is -2.37. The van der Waals surface area contributed by atoms with Gasteiger partial charge < -0.3 is 10.1 Å². The molecule has 100 valence electrons. The minimum Gasteiger partial charge on any atom is -0.376 e. The molecule has 3 unspecified atom stereocenters. The molecule has 2 aliphatic rings.